The second-order valence-electron chi connectivity index (χ2n) is 7.88. The number of carbonyl (C=O) groups excluding carboxylic acids is 1. The number of hydrogen-bond donors (Lipinski definition) is 0. The average molecular weight is 430 g/mol. The van der Waals surface area contributed by atoms with Gasteiger partial charge in [0, 0.05) is 35.4 Å². The SMILES string of the molecule is Cc1nc2ccc(N3CCCCCC3)cc2c(-c2ccc(F)cc2)c1C(=O)C(F)(F)F. The minimum absolute atomic E-state index is 0.00308. The molecule has 0 saturated carbocycles. The van der Waals surface area contributed by atoms with Gasteiger partial charge in [-0.2, -0.15) is 13.2 Å². The summed E-state index contributed by atoms with van der Waals surface area (Å²) in [5.41, 5.74) is 1.37. The van der Waals surface area contributed by atoms with Crippen molar-refractivity contribution in [2.75, 3.05) is 18.0 Å². The van der Waals surface area contributed by atoms with Gasteiger partial charge in [0.2, 0.25) is 0 Å². The number of Topliss-reactive ketones (excluding diaryl/α,β-unsaturated/α-hetero) is 1. The van der Waals surface area contributed by atoms with Crippen molar-refractivity contribution in [3.8, 4) is 11.1 Å². The number of nitrogens with zero attached hydrogens (tertiary/aromatic N) is 2. The van der Waals surface area contributed by atoms with E-state index in [1.54, 1.807) is 12.1 Å². The quantitative estimate of drug-likeness (QED) is 0.352. The van der Waals surface area contributed by atoms with Gasteiger partial charge in [-0.05, 0) is 55.7 Å². The molecule has 0 bridgehead atoms. The Morgan fingerprint density at radius 2 is 1.61 bits per heavy atom. The van der Waals surface area contributed by atoms with Crippen LogP contribution in [0.4, 0.5) is 23.2 Å². The molecule has 162 valence electrons. The lowest BCUT2D eigenvalue weighted by Crippen LogP contribution is -2.25. The van der Waals surface area contributed by atoms with Crippen LogP contribution in [-0.2, 0) is 0 Å². The predicted octanol–water partition coefficient (Wildman–Crippen LogP) is 6.47. The third kappa shape index (κ3) is 4.27. The van der Waals surface area contributed by atoms with Crippen molar-refractivity contribution in [2.24, 2.45) is 0 Å². The van der Waals surface area contributed by atoms with E-state index in [1.165, 1.54) is 31.2 Å². The van der Waals surface area contributed by atoms with Gasteiger partial charge >= 0.3 is 6.18 Å². The summed E-state index contributed by atoms with van der Waals surface area (Å²) in [6, 6.07) is 10.6. The molecule has 0 N–H and O–H groups in total. The van der Waals surface area contributed by atoms with Crippen molar-refractivity contribution in [3.05, 3.63) is 59.5 Å². The summed E-state index contributed by atoms with van der Waals surface area (Å²) >= 11 is 0. The van der Waals surface area contributed by atoms with E-state index < -0.39 is 23.3 Å². The van der Waals surface area contributed by atoms with Crippen LogP contribution in [0.25, 0.3) is 22.0 Å². The molecule has 3 nitrogen and oxygen atoms in total. The number of alkyl halides is 3. The number of aryl methyl sites for hydroxylation is 1. The largest absolute Gasteiger partial charge is 0.454 e. The topological polar surface area (TPSA) is 33.2 Å². The zero-order valence-electron chi connectivity index (χ0n) is 17.1. The number of pyridine rings is 1. The maximum atomic E-state index is 13.5. The van der Waals surface area contributed by atoms with Crippen LogP contribution in [0.2, 0.25) is 0 Å². The Balaban J connectivity index is 1.99. The molecule has 0 amide bonds. The van der Waals surface area contributed by atoms with E-state index in [4.69, 9.17) is 0 Å². The Labute approximate surface area is 177 Å². The maximum absolute atomic E-state index is 13.5. The Bertz CT molecular complexity index is 1120. The average Bonchev–Trinajstić information content (AvgIpc) is 3.02. The molecule has 0 atom stereocenters. The van der Waals surface area contributed by atoms with E-state index in [9.17, 15) is 22.4 Å². The molecule has 2 aromatic carbocycles. The summed E-state index contributed by atoms with van der Waals surface area (Å²) in [7, 11) is 0. The highest BCUT2D eigenvalue weighted by molar-refractivity contribution is 6.13. The first-order chi connectivity index (χ1) is 14.8. The molecule has 7 heteroatoms. The standard InChI is InChI=1S/C24H22F4N2O/c1-15-21(23(31)24(26,27)28)22(16-6-8-17(25)9-7-16)19-14-18(10-11-20(19)29-15)30-12-4-2-3-5-13-30/h6-11,14H,2-5,12-13H2,1H3. The van der Waals surface area contributed by atoms with Crippen LogP contribution in [0.3, 0.4) is 0 Å². The van der Waals surface area contributed by atoms with Gasteiger partial charge in [0.25, 0.3) is 5.78 Å². The molecule has 1 saturated heterocycles. The zero-order chi connectivity index (χ0) is 22.2. The minimum Gasteiger partial charge on any atom is -0.372 e. The first-order valence-corrected chi connectivity index (χ1v) is 10.3. The molecule has 4 rings (SSSR count). The van der Waals surface area contributed by atoms with Crippen molar-refractivity contribution < 1.29 is 22.4 Å². The minimum atomic E-state index is -5.04. The number of hydrogen-bond acceptors (Lipinski definition) is 3. The number of halogens is 4. The highest BCUT2D eigenvalue weighted by atomic mass is 19.4. The third-order valence-electron chi connectivity index (χ3n) is 5.74. The number of anilines is 1. The van der Waals surface area contributed by atoms with Crippen LogP contribution in [0, 0.1) is 12.7 Å². The van der Waals surface area contributed by atoms with E-state index >= 15 is 0 Å². The molecule has 1 aliphatic heterocycles. The molecule has 0 aliphatic carbocycles. The number of fused-ring (bicyclic) bond motifs is 1. The summed E-state index contributed by atoms with van der Waals surface area (Å²) in [6.07, 6.45) is -0.650. The number of carbonyl (C=O) groups is 1. The van der Waals surface area contributed by atoms with E-state index in [-0.39, 0.29) is 11.3 Å². The van der Waals surface area contributed by atoms with Crippen LogP contribution in [0.15, 0.2) is 42.5 Å². The highest BCUT2D eigenvalue weighted by Gasteiger charge is 2.42. The molecule has 1 aromatic heterocycles. The van der Waals surface area contributed by atoms with Crippen LogP contribution in [0.1, 0.15) is 41.7 Å². The second kappa shape index (κ2) is 8.29. The van der Waals surface area contributed by atoms with E-state index in [1.807, 2.05) is 6.07 Å². The number of ketones is 1. The molecule has 0 spiro atoms. The maximum Gasteiger partial charge on any atom is 0.454 e. The summed E-state index contributed by atoms with van der Waals surface area (Å²) in [5, 5.41) is 0.451. The lowest BCUT2D eigenvalue weighted by atomic mass is 9.91. The zero-order valence-corrected chi connectivity index (χ0v) is 17.1. The van der Waals surface area contributed by atoms with E-state index in [2.05, 4.69) is 9.88 Å². The lowest BCUT2D eigenvalue weighted by Gasteiger charge is -2.24. The Morgan fingerprint density at radius 1 is 0.968 bits per heavy atom. The normalized spacial score (nSPS) is 15.2. The van der Waals surface area contributed by atoms with Gasteiger partial charge in [0.05, 0.1) is 11.1 Å². The Morgan fingerprint density at radius 3 is 2.23 bits per heavy atom. The molecular weight excluding hydrogens is 408 g/mol. The molecule has 3 aromatic rings. The fourth-order valence-corrected chi connectivity index (χ4v) is 4.24. The Kier molecular flexibility index (Phi) is 5.69. The van der Waals surface area contributed by atoms with Crippen molar-refractivity contribution in [3.63, 3.8) is 0 Å². The van der Waals surface area contributed by atoms with Crippen molar-refractivity contribution in [2.45, 2.75) is 38.8 Å². The summed E-state index contributed by atoms with van der Waals surface area (Å²) in [4.78, 5) is 18.9. The molecule has 0 radical (unpaired) electrons. The number of benzene rings is 2. The third-order valence-corrected chi connectivity index (χ3v) is 5.74. The Hall–Kier alpha value is -2.96. The van der Waals surface area contributed by atoms with Gasteiger partial charge in [-0.15, -0.1) is 0 Å². The van der Waals surface area contributed by atoms with Crippen LogP contribution in [0.5, 0.6) is 0 Å². The molecule has 31 heavy (non-hydrogen) atoms. The van der Waals surface area contributed by atoms with Gasteiger partial charge in [0.1, 0.15) is 5.82 Å². The second-order valence-corrected chi connectivity index (χ2v) is 7.88. The van der Waals surface area contributed by atoms with Gasteiger partial charge in [0.15, 0.2) is 0 Å². The first-order valence-electron chi connectivity index (χ1n) is 10.3. The molecule has 2 heterocycles. The van der Waals surface area contributed by atoms with Crippen molar-refractivity contribution in [1.29, 1.82) is 0 Å². The summed E-state index contributed by atoms with van der Waals surface area (Å²) < 4.78 is 53.9. The van der Waals surface area contributed by atoms with Crippen LogP contribution >= 0.6 is 0 Å². The number of aromatic nitrogens is 1. The fraction of sp³-hybridized carbons (Fsp3) is 0.333. The van der Waals surface area contributed by atoms with Crippen LogP contribution < -0.4 is 4.90 Å². The van der Waals surface area contributed by atoms with Gasteiger partial charge in [-0.25, -0.2) is 4.39 Å². The summed E-state index contributed by atoms with van der Waals surface area (Å²) in [6.45, 7) is 3.13. The van der Waals surface area contributed by atoms with E-state index in [0.29, 0.717) is 16.5 Å². The number of rotatable bonds is 3. The smallest absolute Gasteiger partial charge is 0.372 e. The predicted molar refractivity (Wildman–Crippen MR) is 113 cm³/mol. The molecule has 1 aliphatic rings. The fourth-order valence-electron chi connectivity index (χ4n) is 4.24. The van der Waals surface area contributed by atoms with Gasteiger partial charge in [-0.1, -0.05) is 25.0 Å². The van der Waals surface area contributed by atoms with E-state index in [0.717, 1.165) is 44.5 Å². The van der Waals surface area contributed by atoms with Gasteiger partial charge < -0.3 is 4.90 Å². The highest BCUT2D eigenvalue weighted by Crippen LogP contribution is 2.38. The summed E-state index contributed by atoms with van der Waals surface area (Å²) in [5.74, 6) is -2.45. The van der Waals surface area contributed by atoms with Crippen molar-refractivity contribution in [1.82, 2.24) is 4.98 Å². The van der Waals surface area contributed by atoms with Crippen molar-refractivity contribution >= 4 is 22.4 Å². The lowest BCUT2D eigenvalue weighted by molar-refractivity contribution is -0.0885. The molecule has 0 unspecified atom stereocenters. The van der Waals surface area contributed by atoms with Crippen LogP contribution in [-0.4, -0.2) is 30.0 Å². The van der Waals surface area contributed by atoms with Gasteiger partial charge in [-0.3, -0.25) is 9.78 Å². The molecular formula is C24H22F4N2O. The monoisotopic (exact) mass is 430 g/mol. The molecule has 1 fully saturated rings. The first kappa shape index (κ1) is 21.3.